The summed E-state index contributed by atoms with van der Waals surface area (Å²) in [6.45, 7) is 1.83. The number of rotatable bonds is 8. The van der Waals surface area contributed by atoms with Gasteiger partial charge in [0, 0.05) is 31.0 Å². The van der Waals surface area contributed by atoms with Crippen molar-refractivity contribution in [1.82, 2.24) is 15.3 Å². The number of ether oxygens (including phenoxy) is 2. The lowest BCUT2D eigenvalue weighted by molar-refractivity contribution is 0.284. The predicted molar refractivity (Wildman–Crippen MR) is 101 cm³/mol. The zero-order chi connectivity index (χ0) is 18.2. The van der Waals surface area contributed by atoms with E-state index in [4.69, 9.17) is 21.1 Å². The van der Waals surface area contributed by atoms with Crippen molar-refractivity contribution >= 4 is 11.6 Å². The highest BCUT2D eigenvalue weighted by atomic mass is 35.5. The minimum Gasteiger partial charge on any atom is -0.493 e. The summed E-state index contributed by atoms with van der Waals surface area (Å²) in [5.41, 5.74) is 3.06. The first-order valence-electron chi connectivity index (χ1n) is 8.25. The van der Waals surface area contributed by atoms with E-state index < -0.39 is 0 Å². The summed E-state index contributed by atoms with van der Waals surface area (Å²) in [5, 5.41) is 3.84. The van der Waals surface area contributed by atoms with E-state index in [1.807, 2.05) is 42.5 Å². The maximum Gasteiger partial charge on any atom is 0.161 e. The number of nitrogens with zero attached hydrogens (tertiary/aromatic N) is 2. The van der Waals surface area contributed by atoms with Crippen molar-refractivity contribution in [3.63, 3.8) is 0 Å². The molecule has 5 nitrogen and oxygen atoms in total. The molecule has 3 rings (SSSR count). The highest BCUT2D eigenvalue weighted by Gasteiger charge is 2.07. The van der Waals surface area contributed by atoms with Crippen LogP contribution < -0.4 is 14.8 Å². The van der Waals surface area contributed by atoms with Gasteiger partial charge in [0.25, 0.3) is 0 Å². The molecule has 0 unspecified atom stereocenters. The summed E-state index contributed by atoms with van der Waals surface area (Å²) in [6, 6.07) is 15.4. The molecule has 0 spiro atoms. The maximum atomic E-state index is 5.84. The lowest BCUT2D eigenvalue weighted by atomic mass is 10.2. The standard InChI is InChI=1S/C20H20ClN3O2/c1-25-19-10-15(11-22-13-17-4-2-3-9-23-17)5-7-18(19)26-14-16-6-8-20(21)24-12-16/h2-10,12,22H,11,13-14H2,1H3. The smallest absolute Gasteiger partial charge is 0.161 e. The van der Waals surface area contributed by atoms with E-state index in [2.05, 4.69) is 15.3 Å². The van der Waals surface area contributed by atoms with Gasteiger partial charge in [-0.25, -0.2) is 4.98 Å². The third kappa shape index (κ3) is 5.18. The second-order valence-corrected chi connectivity index (χ2v) is 6.07. The molecule has 26 heavy (non-hydrogen) atoms. The van der Waals surface area contributed by atoms with Crippen LogP contribution in [-0.4, -0.2) is 17.1 Å². The molecular formula is C20H20ClN3O2. The molecule has 3 aromatic rings. The van der Waals surface area contributed by atoms with Crippen molar-refractivity contribution < 1.29 is 9.47 Å². The molecule has 6 heteroatoms. The van der Waals surface area contributed by atoms with Gasteiger partial charge < -0.3 is 14.8 Å². The fourth-order valence-electron chi connectivity index (χ4n) is 2.43. The molecule has 1 aromatic carbocycles. The quantitative estimate of drug-likeness (QED) is 0.608. The average molecular weight is 370 g/mol. The number of hydrogen-bond donors (Lipinski definition) is 1. The van der Waals surface area contributed by atoms with Gasteiger partial charge in [0.1, 0.15) is 11.8 Å². The molecule has 1 N–H and O–H groups in total. The van der Waals surface area contributed by atoms with E-state index in [1.54, 1.807) is 25.6 Å². The average Bonchev–Trinajstić information content (AvgIpc) is 2.69. The minimum absolute atomic E-state index is 0.401. The Morgan fingerprint density at radius 2 is 1.85 bits per heavy atom. The van der Waals surface area contributed by atoms with Gasteiger partial charge in [0.05, 0.1) is 12.8 Å². The van der Waals surface area contributed by atoms with Crippen LogP contribution in [0.3, 0.4) is 0 Å². The summed E-state index contributed by atoms with van der Waals surface area (Å²) in [4.78, 5) is 8.34. The van der Waals surface area contributed by atoms with Crippen molar-refractivity contribution in [2.45, 2.75) is 19.7 Å². The number of nitrogens with one attached hydrogen (secondary N) is 1. The molecule has 0 saturated heterocycles. The number of methoxy groups -OCH3 is 1. The highest BCUT2D eigenvalue weighted by molar-refractivity contribution is 6.29. The zero-order valence-corrected chi connectivity index (χ0v) is 15.2. The molecular weight excluding hydrogens is 350 g/mol. The van der Waals surface area contributed by atoms with Crippen LogP contribution >= 0.6 is 11.6 Å². The van der Waals surface area contributed by atoms with Gasteiger partial charge in [-0.3, -0.25) is 4.98 Å². The Kier molecular flexibility index (Phi) is 6.41. The summed E-state index contributed by atoms with van der Waals surface area (Å²) in [5.74, 6) is 1.39. The topological polar surface area (TPSA) is 56.3 Å². The Morgan fingerprint density at radius 3 is 2.58 bits per heavy atom. The normalized spacial score (nSPS) is 10.5. The Balaban J connectivity index is 1.57. The van der Waals surface area contributed by atoms with Crippen molar-refractivity contribution in [1.29, 1.82) is 0 Å². The first-order valence-corrected chi connectivity index (χ1v) is 8.63. The molecule has 0 aliphatic heterocycles. The first kappa shape index (κ1) is 18.2. The monoisotopic (exact) mass is 369 g/mol. The second-order valence-electron chi connectivity index (χ2n) is 5.69. The van der Waals surface area contributed by atoms with Crippen LogP contribution in [0.1, 0.15) is 16.8 Å². The van der Waals surface area contributed by atoms with Gasteiger partial charge in [-0.2, -0.15) is 0 Å². The van der Waals surface area contributed by atoms with E-state index >= 15 is 0 Å². The third-order valence-electron chi connectivity index (χ3n) is 3.77. The molecule has 0 amide bonds. The van der Waals surface area contributed by atoms with Crippen LogP contribution in [0, 0.1) is 0 Å². The van der Waals surface area contributed by atoms with Crippen LogP contribution in [0.25, 0.3) is 0 Å². The molecule has 0 fully saturated rings. The van der Waals surface area contributed by atoms with Gasteiger partial charge in [-0.05, 0) is 35.9 Å². The van der Waals surface area contributed by atoms with E-state index in [0.29, 0.717) is 36.3 Å². The predicted octanol–water partition coefficient (Wildman–Crippen LogP) is 4.01. The fraction of sp³-hybridized carbons (Fsp3) is 0.200. The van der Waals surface area contributed by atoms with Crippen LogP contribution in [-0.2, 0) is 19.7 Å². The SMILES string of the molecule is COc1cc(CNCc2ccccn2)ccc1OCc1ccc(Cl)nc1. The first-order chi connectivity index (χ1) is 12.7. The Bertz CT molecular complexity index is 826. The number of halogens is 1. The number of aromatic nitrogens is 2. The van der Waals surface area contributed by atoms with Gasteiger partial charge in [0.15, 0.2) is 11.5 Å². The highest BCUT2D eigenvalue weighted by Crippen LogP contribution is 2.28. The van der Waals surface area contributed by atoms with Crippen LogP contribution in [0.2, 0.25) is 5.15 Å². The molecule has 0 aliphatic carbocycles. The summed E-state index contributed by atoms with van der Waals surface area (Å²) in [7, 11) is 1.64. The number of pyridine rings is 2. The molecule has 2 aromatic heterocycles. The van der Waals surface area contributed by atoms with Crippen LogP contribution in [0.15, 0.2) is 60.9 Å². The van der Waals surface area contributed by atoms with Gasteiger partial charge in [-0.1, -0.05) is 29.8 Å². The van der Waals surface area contributed by atoms with Crippen molar-refractivity contribution in [2.24, 2.45) is 0 Å². The number of benzene rings is 1. The van der Waals surface area contributed by atoms with Crippen molar-refractivity contribution in [3.8, 4) is 11.5 Å². The van der Waals surface area contributed by atoms with Gasteiger partial charge >= 0.3 is 0 Å². The van der Waals surface area contributed by atoms with Gasteiger partial charge in [0.2, 0.25) is 0 Å². The Labute approximate surface area is 158 Å². The molecule has 2 heterocycles. The number of hydrogen-bond acceptors (Lipinski definition) is 5. The molecule has 0 bridgehead atoms. The largest absolute Gasteiger partial charge is 0.493 e. The zero-order valence-electron chi connectivity index (χ0n) is 14.5. The van der Waals surface area contributed by atoms with Crippen LogP contribution in [0.5, 0.6) is 11.5 Å². The molecule has 0 atom stereocenters. The van der Waals surface area contributed by atoms with E-state index in [0.717, 1.165) is 16.8 Å². The molecule has 134 valence electrons. The Morgan fingerprint density at radius 1 is 0.962 bits per heavy atom. The van der Waals surface area contributed by atoms with E-state index in [1.165, 1.54) is 0 Å². The Hall–Kier alpha value is -2.63. The fourth-order valence-corrected chi connectivity index (χ4v) is 2.54. The van der Waals surface area contributed by atoms with Crippen molar-refractivity contribution in [3.05, 3.63) is 82.9 Å². The summed E-state index contributed by atoms with van der Waals surface area (Å²) >= 11 is 5.79. The lowest BCUT2D eigenvalue weighted by Gasteiger charge is -2.13. The van der Waals surface area contributed by atoms with E-state index in [9.17, 15) is 0 Å². The summed E-state index contributed by atoms with van der Waals surface area (Å²) in [6.07, 6.45) is 3.49. The van der Waals surface area contributed by atoms with Crippen molar-refractivity contribution in [2.75, 3.05) is 7.11 Å². The van der Waals surface area contributed by atoms with E-state index in [-0.39, 0.29) is 0 Å². The summed E-state index contributed by atoms with van der Waals surface area (Å²) < 4.78 is 11.3. The maximum absolute atomic E-state index is 5.84. The molecule has 0 radical (unpaired) electrons. The third-order valence-corrected chi connectivity index (χ3v) is 4.00. The molecule has 0 saturated carbocycles. The lowest BCUT2D eigenvalue weighted by Crippen LogP contribution is -2.13. The second kappa shape index (κ2) is 9.17. The molecule has 0 aliphatic rings. The van der Waals surface area contributed by atoms with Gasteiger partial charge in [-0.15, -0.1) is 0 Å². The minimum atomic E-state index is 0.401. The van der Waals surface area contributed by atoms with Crippen LogP contribution in [0.4, 0.5) is 0 Å².